The molecule has 0 fully saturated rings. The molecule has 18 heavy (non-hydrogen) atoms. The van der Waals surface area contributed by atoms with Crippen LogP contribution in [0.25, 0.3) is 0 Å². The second-order valence-corrected chi connectivity index (χ2v) is 3.80. The van der Waals surface area contributed by atoms with Crippen LogP contribution in [0.5, 0.6) is 11.5 Å². The van der Waals surface area contributed by atoms with Crippen molar-refractivity contribution >= 4 is 17.3 Å². The van der Waals surface area contributed by atoms with Crippen molar-refractivity contribution < 1.29 is 9.13 Å². The number of anilines is 1. The molecule has 0 spiro atoms. The van der Waals surface area contributed by atoms with Crippen LogP contribution in [0, 0.1) is 17.1 Å². The fraction of sp³-hybridized carbons (Fsp3) is 0. The number of benzene rings is 1. The summed E-state index contributed by atoms with van der Waals surface area (Å²) in [4.78, 5) is 3.83. The SMILES string of the molecule is N#Cc1ccc(Oc2cc(N)c(F)cc2Cl)cn1. The summed E-state index contributed by atoms with van der Waals surface area (Å²) >= 11 is 5.82. The third kappa shape index (κ3) is 2.50. The molecule has 6 heteroatoms. The van der Waals surface area contributed by atoms with Crippen LogP contribution in [0.3, 0.4) is 0 Å². The van der Waals surface area contributed by atoms with E-state index in [0.717, 1.165) is 6.07 Å². The van der Waals surface area contributed by atoms with Crippen molar-refractivity contribution in [3.05, 3.63) is 47.0 Å². The Balaban J connectivity index is 2.28. The molecule has 0 unspecified atom stereocenters. The first-order valence-electron chi connectivity index (χ1n) is 4.88. The molecule has 0 atom stereocenters. The molecule has 0 aliphatic carbocycles. The van der Waals surface area contributed by atoms with E-state index in [2.05, 4.69) is 4.98 Å². The Bertz CT molecular complexity index is 622. The zero-order valence-electron chi connectivity index (χ0n) is 9.02. The second kappa shape index (κ2) is 4.90. The van der Waals surface area contributed by atoms with E-state index in [4.69, 9.17) is 27.3 Å². The maximum Gasteiger partial charge on any atom is 0.148 e. The van der Waals surface area contributed by atoms with E-state index in [0.29, 0.717) is 5.75 Å². The molecule has 2 N–H and O–H groups in total. The molecule has 2 aromatic rings. The maximum absolute atomic E-state index is 13.1. The lowest BCUT2D eigenvalue weighted by Gasteiger charge is -2.08. The fourth-order valence-electron chi connectivity index (χ4n) is 1.26. The zero-order chi connectivity index (χ0) is 13.1. The van der Waals surface area contributed by atoms with Gasteiger partial charge in [-0.1, -0.05) is 11.6 Å². The summed E-state index contributed by atoms with van der Waals surface area (Å²) in [5, 5.41) is 8.70. The van der Waals surface area contributed by atoms with Gasteiger partial charge in [0.25, 0.3) is 0 Å². The molecule has 0 aliphatic rings. The minimum atomic E-state index is -0.606. The van der Waals surface area contributed by atoms with Gasteiger partial charge in [0, 0.05) is 6.07 Å². The van der Waals surface area contributed by atoms with Gasteiger partial charge in [-0.15, -0.1) is 0 Å². The number of hydrogen-bond donors (Lipinski definition) is 1. The third-order valence-electron chi connectivity index (χ3n) is 2.13. The van der Waals surface area contributed by atoms with Crippen molar-refractivity contribution in [2.24, 2.45) is 0 Å². The molecule has 1 aromatic carbocycles. The van der Waals surface area contributed by atoms with Gasteiger partial charge in [-0.2, -0.15) is 5.26 Å². The van der Waals surface area contributed by atoms with Crippen LogP contribution in [-0.4, -0.2) is 4.98 Å². The van der Waals surface area contributed by atoms with E-state index in [9.17, 15) is 4.39 Å². The topological polar surface area (TPSA) is 71.9 Å². The van der Waals surface area contributed by atoms with E-state index in [1.807, 2.05) is 6.07 Å². The number of halogens is 2. The van der Waals surface area contributed by atoms with Crippen molar-refractivity contribution in [1.29, 1.82) is 5.26 Å². The molecule has 0 radical (unpaired) electrons. The number of ether oxygens (including phenoxy) is 1. The van der Waals surface area contributed by atoms with Gasteiger partial charge in [0.2, 0.25) is 0 Å². The molecule has 0 saturated heterocycles. The first-order valence-corrected chi connectivity index (χ1v) is 5.26. The van der Waals surface area contributed by atoms with E-state index < -0.39 is 5.82 Å². The van der Waals surface area contributed by atoms with Crippen LogP contribution in [0.1, 0.15) is 5.69 Å². The van der Waals surface area contributed by atoms with E-state index in [1.54, 1.807) is 6.07 Å². The Kier molecular flexibility index (Phi) is 3.31. The van der Waals surface area contributed by atoms with E-state index in [1.165, 1.54) is 18.3 Å². The molecule has 0 bridgehead atoms. The van der Waals surface area contributed by atoms with Crippen molar-refractivity contribution in [3.63, 3.8) is 0 Å². The molecule has 0 amide bonds. The van der Waals surface area contributed by atoms with Crippen molar-refractivity contribution in [2.45, 2.75) is 0 Å². The summed E-state index contributed by atoms with van der Waals surface area (Å²) < 4.78 is 18.5. The first kappa shape index (κ1) is 12.1. The molecule has 0 saturated carbocycles. The van der Waals surface area contributed by atoms with Crippen LogP contribution in [0.4, 0.5) is 10.1 Å². The Morgan fingerprint density at radius 3 is 2.78 bits per heavy atom. The van der Waals surface area contributed by atoms with Crippen LogP contribution < -0.4 is 10.5 Å². The number of aromatic nitrogens is 1. The summed E-state index contributed by atoms with van der Waals surface area (Å²) in [5.41, 5.74) is 5.63. The maximum atomic E-state index is 13.1. The number of rotatable bonds is 2. The summed E-state index contributed by atoms with van der Waals surface area (Å²) in [7, 11) is 0. The first-order chi connectivity index (χ1) is 8.60. The minimum absolute atomic E-state index is 0.0593. The molecule has 90 valence electrons. The summed E-state index contributed by atoms with van der Waals surface area (Å²) in [5.74, 6) is -0.00529. The average molecular weight is 264 g/mol. The van der Waals surface area contributed by atoms with Gasteiger partial charge in [0.05, 0.1) is 16.9 Å². The Hall–Kier alpha value is -2.32. The van der Waals surface area contributed by atoms with Gasteiger partial charge in [-0.05, 0) is 18.2 Å². The largest absolute Gasteiger partial charge is 0.454 e. The lowest BCUT2D eigenvalue weighted by Crippen LogP contribution is -1.93. The van der Waals surface area contributed by atoms with Gasteiger partial charge < -0.3 is 10.5 Å². The summed E-state index contributed by atoms with van der Waals surface area (Å²) in [6, 6.07) is 7.30. The van der Waals surface area contributed by atoms with Crippen molar-refractivity contribution in [2.75, 3.05) is 5.73 Å². The predicted molar refractivity (Wildman–Crippen MR) is 64.8 cm³/mol. The number of pyridine rings is 1. The predicted octanol–water partition coefficient (Wildman–Crippen LogP) is 3.12. The number of nitrogen functional groups attached to an aromatic ring is 1. The quantitative estimate of drug-likeness (QED) is 0.845. The number of nitrogens with zero attached hydrogens (tertiary/aromatic N) is 2. The Labute approximate surface area is 107 Å². The Morgan fingerprint density at radius 2 is 2.17 bits per heavy atom. The lowest BCUT2D eigenvalue weighted by molar-refractivity contribution is 0.479. The minimum Gasteiger partial charge on any atom is -0.454 e. The van der Waals surface area contributed by atoms with E-state index >= 15 is 0 Å². The van der Waals surface area contributed by atoms with Crippen LogP contribution in [0.15, 0.2) is 30.5 Å². The Morgan fingerprint density at radius 1 is 1.39 bits per heavy atom. The van der Waals surface area contributed by atoms with Crippen molar-refractivity contribution in [3.8, 4) is 17.6 Å². The highest BCUT2D eigenvalue weighted by Gasteiger charge is 2.08. The lowest BCUT2D eigenvalue weighted by atomic mass is 10.3. The molecular weight excluding hydrogens is 257 g/mol. The molecule has 1 aromatic heterocycles. The number of hydrogen-bond acceptors (Lipinski definition) is 4. The third-order valence-corrected chi connectivity index (χ3v) is 2.43. The van der Waals surface area contributed by atoms with Crippen LogP contribution in [0.2, 0.25) is 5.02 Å². The number of nitriles is 1. The standard InChI is InChI=1S/C12H7ClFN3O/c13-9-3-10(14)11(16)4-12(9)18-8-2-1-7(5-15)17-6-8/h1-4,6H,16H2. The second-order valence-electron chi connectivity index (χ2n) is 3.40. The highest BCUT2D eigenvalue weighted by Crippen LogP contribution is 2.32. The highest BCUT2D eigenvalue weighted by atomic mass is 35.5. The van der Waals surface area contributed by atoms with Gasteiger partial charge in [-0.3, -0.25) is 0 Å². The monoisotopic (exact) mass is 263 g/mol. The molecule has 4 nitrogen and oxygen atoms in total. The smallest absolute Gasteiger partial charge is 0.148 e. The summed E-state index contributed by atoms with van der Waals surface area (Å²) in [6.07, 6.45) is 1.37. The fourth-order valence-corrected chi connectivity index (χ4v) is 1.45. The number of nitrogens with two attached hydrogens (primary N) is 1. The van der Waals surface area contributed by atoms with Crippen molar-refractivity contribution in [1.82, 2.24) is 4.98 Å². The highest BCUT2D eigenvalue weighted by molar-refractivity contribution is 6.32. The normalized spacial score (nSPS) is 9.83. The molecule has 2 rings (SSSR count). The molecule has 1 heterocycles. The van der Waals surface area contributed by atoms with Gasteiger partial charge in [0.1, 0.15) is 29.1 Å². The van der Waals surface area contributed by atoms with E-state index in [-0.39, 0.29) is 22.2 Å². The molecule has 0 aliphatic heterocycles. The van der Waals surface area contributed by atoms with Gasteiger partial charge in [0.15, 0.2) is 0 Å². The van der Waals surface area contributed by atoms with Crippen LogP contribution in [-0.2, 0) is 0 Å². The van der Waals surface area contributed by atoms with Gasteiger partial charge >= 0.3 is 0 Å². The van der Waals surface area contributed by atoms with Crippen LogP contribution >= 0.6 is 11.6 Å². The average Bonchev–Trinajstić information content (AvgIpc) is 2.37. The summed E-state index contributed by atoms with van der Waals surface area (Å²) in [6.45, 7) is 0. The zero-order valence-corrected chi connectivity index (χ0v) is 9.78. The molecular formula is C12H7ClFN3O. The van der Waals surface area contributed by atoms with Gasteiger partial charge in [-0.25, -0.2) is 9.37 Å².